The van der Waals surface area contributed by atoms with Gasteiger partial charge in [0.2, 0.25) is 59.1 Å². The molecule has 2 rings (SSSR count). The highest BCUT2D eigenvalue weighted by molar-refractivity contribution is 5.98. The molecule has 1 heterocycles. The van der Waals surface area contributed by atoms with E-state index in [1.807, 2.05) is 6.92 Å². The summed E-state index contributed by atoms with van der Waals surface area (Å²) in [5.74, 6) is -9.09. The lowest BCUT2D eigenvalue weighted by Crippen LogP contribution is -2.60. The van der Waals surface area contributed by atoms with Gasteiger partial charge in [0.25, 0.3) is 0 Å². The summed E-state index contributed by atoms with van der Waals surface area (Å²) < 4.78 is 0. The van der Waals surface area contributed by atoms with Gasteiger partial charge >= 0.3 is 0 Å². The quantitative estimate of drug-likeness (QED) is 0.0815. The number of phenols is 1. The van der Waals surface area contributed by atoms with Gasteiger partial charge in [0.15, 0.2) is 0 Å². The van der Waals surface area contributed by atoms with Crippen LogP contribution in [0.15, 0.2) is 36.5 Å². The van der Waals surface area contributed by atoms with Crippen LogP contribution < -0.4 is 54.0 Å². The Hall–Kier alpha value is -6.74. The van der Waals surface area contributed by atoms with Crippen molar-refractivity contribution in [3.05, 3.63) is 42.1 Å². The maximum Gasteiger partial charge on any atom is 0.245 e. The highest BCUT2D eigenvalue weighted by atomic mass is 16.3. The van der Waals surface area contributed by atoms with Crippen molar-refractivity contribution in [2.75, 3.05) is 26.7 Å². The number of nitrogens with one attached hydrogen (secondary N) is 8. The SMILES string of the molecule is C=C1N[C@@H]([C@@H](C)CC)C(=O)N[C@@H](C(C)C)C(=O)N[C@@H](CC(N)=O)C(=O)N[C@H](C(=O)N(C)CC(=O)N[C@@H](CC(C)C)C(=O)NCC(N)=O)CCC(=O)NCC(=O)N[C@H]1Cc1ccc(O)cc1. The van der Waals surface area contributed by atoms with E-state index in [4.69, 9.17) is 11.5 Å². The summed E-state index contributed by atoms with van der Waals surface area (Å²) in [5, 5.41) is 30.8. The molecule has 0 unspecified atom stereocenters. The first kappa shape index (κ1) is 54.4. The molecule has 0 spiro atoms. The number of hydrogen-bond acceptors (Lipinski definition) is 12. The Kier molecular flexibility index (Phi) is 21.9. The summed E-state index contributed by atoms with van der Waals surface area (Å²) in [7, 11) is 1.22. The van der Waals surface area contributed by atoms with E-state index in [9.17, 15) is 53.1 Å². The van der Waals surface area contributed by atoms with Gasteiger partial charge in [0.1, 0.15) is 36.0 Å². The van der Waals surface area contributed by atoms with Gasteiger partial charge in [-0.2, -0.15) is 0 Å². The summed E-state index contributed by atoms with van der Waals surface area (Å²) >= 11 is 0. The van der Waals surface area contributed by atoms with Gasteiger partial charge in [-0.05, 0) is 54.7 Å². The minimum absolute atomic E-state index is 0.0170. The van der Waals surface area contributed by atoms with E-state index in [1.54, 1.807) is 46.8 Å². The Bertz CT molecular complexity index is 1910. The van der Waals surface area contributed by atoms with Gasteiger partial charge < -0.3 is 64.0 Å². The molecule has 22 heteroatoms. The predicted octanol–water partition coefficient (Wildman–Crippen LogP) is -2.58. The normalized spacial score (nSPS) is 21.5. The number of nitrogens with zero attached hydrogens (tertiary/aromatic N) is 1. The van der Waals surface area contributed by atoms with Gasteiger partial charge in [0.05, 0.1) is 32.1 Å². The Morgan fingerprint density at radius 2 is 1.46 bits per heavy atom. The molecular weight excluding hydrogens is 847 g/mol. The van der Waals surface area contributed by atoms with Crippen molar-refractivity contribution in [2.45, 2.75) is 116 Å². The fourth-order valence-corrected chi connectivity index (χ4v) is 6.70. The number of likely N-dealkylation sites (N-methyl/N-ethyl adjacent to an activating group) is 1. The van der Waals surface area contributed by atoms with Crippen LogP contribution in [0.4, 0.5) is 0 Å². The Balaban J connectivity index is 2.55. The van der Waals surface area contributed by atoms with Crippen LogP contribution in [0.25, 0.3) is 0 Å². The van der Waals surface area contributed by atoms with E-state index in [0.717, 1.165) is 4.90 Å². The zero-order chi connectivity index (χ0) is 49.1. The van der Waals surface area contributed by atoms with Crippen molar-refractivity contribution in [3.8, 4) is 5.75 Å². The van der Waals surface area contributed by atoms with Gasteiger partial charge in [-0.15, -0.1) is 0 Å². The number of aromatic hydroxyl groups is 1. The van der Waals surface area contributed by atoms with Crippen LogP contribution in [0.3, 0.4) is 0 Å². The van der Waals surface area contributed by atoms with Crippen molar-refractivity contribution in [2.24, 2.45) is 29.2 Å². The minimum atomic E-state index is -1.68. The molecule has 1 aliphatic heterocycles. The summed E-state index contributed by atoms with van der Waals surface area (Å²) in [4.78, 5) is 133. The lowest BCUT2D eigenvalue weighted by Gasteiger charge is -2.32. The molecule has 1 aromatic rings. The number of amides is 10. The third kappa shape index (κ3) is 18.9. The largest absolute Gasteiger partial charge is 0.508 e. The Morgan fingerprint density at radius 1 is 0.831 bits per heavy atom. The zero-order valence-corrected chi connectivity index (χ0v) is 38.2. The number of nitrogens with two attached hydrogens (primary N) is 2. The van der Waals surface area contributed by atoms with Crippen LogP contribution in [0.1, 0.15) is 79.2 Å². The number of carbonyl (C=O) groups is 10. The molecular formula is C43H67N11O11. The van der Waals surface area contributed by atoms with E-state index in [0.29, 0.717) is 12.0 Å². The predicted molar refractivity (Wildman–Crippen MR) is 237 cm³/mol. The summed E-state index contributed by atoms with van der Waals surface area (Å²) in [6, 6.07) is -1.26. The number of carbonyl (C=O) groups excluding carboxylic acids is 10. The fourth-order valence-electron chi connectivity index (χ4n) is 6.70. The lowest BCUT2D eigenvalue weighted by atomic mass is 9.95. The first-order valence-electron chi connectivity index (χ1n) is 21.5. The van der Waals surface area contributed by atoms with Crippen molar-refractivity contribution in [3.63, 3.8) is 0 Å². The number of rotatable bonds is 16. The number of primary amides is 2. The molecule has 1 aromatic carbocycles. The second kappa shape index (κ2) is 26.1. The van der Waals surface area contributed by atoms with Gasteiger partial charge in [0, 0.05) is 19.2 Å². The fraction of sp³-hybridized carbons (Fsp3) is 0.581. The van der Waals surface area contributed by atoms with Crippen LogP contribution in [-0.4, -0.2) is 132 Å². The van der Waals surface area contributed by atoms with Crippen molar-refractivity contribution < 1.29 is 53.1 Å². The minimum Gasteiger partial charge on any atom is -0.508 e. The zero-order valence-electron chi connectivity index (χ0n) is 38.2. The smallest absolute Gasteiger partial charge is 0.245 e. The highest BCUT2D eigenvalue weighted by Gasteiger charge is 2.36. The maximum atomic E-state index is 14.1. The average molecular weight is 914 g/mol. The van der Waals surface area contributed by atoms with Crippen molar-refractivity contribution >= 4 is 59.1 Å². The van der Waals surface area contributed by atoms with E-state index in [2.05, 4.69) is 49.1 Å². The van der Waals surface area contributed by atoms with Crippen LogP contribution in [-0.2, 0) is 54.4 Å². The standard InChI is InChI=1S/C43H67N11O11/c1-9-24(6)38-42(64)53-37(23(4)5)41(63)52-31(18-32(44)56)40(62)51-28(43(65)54(8)21-36(60)50-30(16-22(2)3)39(61)47-19-33(45)57)14-15-34(58)46-20-35(59)49-29(25(7)48-38)17-26-10-12-27(55)13-11-26/h10-13,22-24,28-31,37-38,48,55H,7,9,14-21H2,1-6,8H3,(H2,44,56)(H2,45,57)(H,46,58)(H,47,61)(H,49,59)(H,50,60)(H,51,62)(H,52,63)(H,53,64)/t24-,28-,29-,30-,31-,37-,38-/m0/s1. The number of hydrogen-bond donors (Lipinski definition) is 11. The van der Waals surface area contributed by atoms with Gasteiger partial charge in [-0.1, -0.05) is 66.7 Å². The third-order valence-corrected chi connectivity index (χ3v) is 10.5. The maximum absolute atomic E-state index is 14.1. The van der Waals surface area contributed by atoms with E-state index >= 15 is 0 Å². The molecule has 13 N–H and O–H groups in total. The molecule has 0 bridgehead atoms. The van der Waals surface area contributed by atoms with Crippen LogP contribution in [0.2, 0.25) is 0 Å². The van der Waals surface area contributed by atoms with Crippen molar-refractivity contribution in [1.82, 2.24) is 47.4 Å². The molecule has 360 valence electrons. The first-order valence-corrected chi connectivity index (χ1v) is 21.5. The van der Waals surface area contributed by atoms with Crippen LogP contribution >= 0.6 is 0 Å². The van der Waals surface area contributed by atoms with Crippen molar-refractivity contribution in [1.29, 1.82) is 0 Å². The second-order valence-corrected chi connectivity index (χ2v) is 17.0. The van der Waals surface area contributed by atoms with E-state index in [-0.39, 0.29) is 36.1 Å². The Morgan fingerprint density at radius 3 is 2.03 bits per heavy atom. The molecule has 0 aliphatic carbocycles. The molecule has 7 atom stereocenters. The molecule has 1 saturated heterocycles. The third-order valence-electron chi connectivity index (χ3n) is 10.5. The molecule has 10 amide bonds. The second-order valence-electron chi connectivity index (χ2n) is 17.0. The van der Waals surface area contributed by atoms with Gasteiger partial charge in [-0.25, -0.2) is 0 Å². The molecule has 0 radical (unpaired) electrons. The first-order chi connectivity index (χ1) is 30.4. The monoisotopic (exact) mass is 914 g/mol. The summed E-state index contributed by atoms with van der Waals surface area (Å²) in [5.41, 5.74) is 11.5. The molecule has 0 aromatic heterocycles. The lowest BCUT2D eigenvalue weighted by molar-refractivity contribution is -0.140. The van der Waals surface area contributed by atoms with Crippen LogP contribution in [0, 0.1) is 17.8 Å². The molecule has 1 fully saturated rings. The molecule has 22 nitrogen and oxygen atoms in total. The molecule has 1 aliphatic rings. The van der Waals surface area contributed by atoms with Crippen LogP contribution in [0.5, 0.6) is 5.75 Å². The number of phenolic OH excluding ortho intramolecular Hbond substituents is 1. The van der Waals surface area contributed by atoms with E-state index in [1.165, 1.54) is 19.2 Å². The highest BCUT2D eigenvalue weighted by Crippen LogP contribution is 2.17. The molecule has 0 saturated carbocycles. The average Bonchev–Trinajstić information content (AvgIpc) is 3.22. The summed E-state index contributed by atoms with van der Waals surface area (Å²) in [6.45, 7) is 13.0. The number of benzene rings is 1. The Labute approximate surface area is 378 Å². The van der Waals surface area contributed by atoms with E-state index < -0.39 is 140 Å². The van der Waals surface area contributed by atoms with Gasteiger partial charge in [-0.3, -0.25) is 47.9 Å². The molecule has 65 heavy (non-hydrogen) atoms. The summed E-state index contributed by atoms with van der Waals surface area (Å²) in [6.07, 6.45) is -0.784. The topological polar surface area (TPSA) is 342 Å².